The lowest BCUT2D eigenvalue weighted by Gasteiger charge is -2.13. The number of carbonyl (C=O) groups is 1. The second kappa shape index (κ2) is 7.24. The Bertz CT molecular complexity index is 1090. The van der Waals surface area contributed by atoms with Crippen molar-refractivity contribution >= 4 is 22.5 Å². The number of methoxy groups -OCH3 is 1. The molecule has 1 aliphatic rings. The molecule has 7 heteroatoms. The molecule has 2 aromatic carbocycles. The number of nitrogens with zero attached hydrogens (tertiary/aromatic N) is 2. The lowest BCUT2D eigenvalue weighted by molar-refractivity contribution is 0.102. The second-order valence-electron chi connectivity index (χ2n) is 6.89. The number of nitrogens with one attached hydrogen (secondary N) is 1. The van der Waals surface area contributed by atoms with E-state index < -0.39 is 10.8 Å². The fourth-order valence-corrected chi connectivity index (χ4v) is 4.66. The molecule has 28 heavy (non-hydrogen) atoms. The summed E-state index contributed by atoms with van der Waals surface area (Å²) in [6.07, 6.45) is 0. The van der Waals surface area contributed by atoms with Crippen molar-refractivity contribution in [3.05, 3.63) is 70.4 Å². The summed E-state index contributed by atoms with van der Waals surface area (Å²) in [6.45, 7) is 4.05. The Balaban J connectivity index is 1.74. The van der Waals surface area contributed by atoms with Gasteiger partial charge in [0.2, 0.25) is 0 Å². The van der Waals surface area contributed by atoms with Gasteiger partial charge in [-0.1, -0.05) is 17.7 Å². The van der Waals surface area contributed by atoms with Gasteiger partial charge in [-0.25, -0.2) is 4.68 Å². The Labute approximate surface area is 166 Å². The van der Waals surface area contributed by atoms with E-state index >= 15 is 0 Å². The monoisotopic (exact) mass is 395 g/mol. The van der Waals surface area contributed by atoms with Crippen LogP contribution in [0.3, 0.4) is 0 Å². The van der Waals surface area contributed by atoms with Crippen LogP contribution in [0, 0.1) is 13.8 Å². The largest absolute Gasteiger partial charge is 0.497 e. The maximum absolute atomic E-state index is 12.8. The molecule has 0 bridgehead atoms. The first kappa shape index (κ1) is 18.4. The van der Waals surface area contributed by atoms with E-state index in [0.29, 0.717) is 28.6 Å². The number of benzene rings is 2. The summed E-state index contributed by atoms with van der Waals surface area (Å²) in [5.74, 6) is 1.85. The molecule has 0 spiro atoms. The van der Waals surface area contributed by atoms with Crippen LogP contribution in [0.15, 0.2) is 42.5 Å². The van der Waals surface area contributed by atoms with Crippen LogP contribution in [0.4, 0.5) is 5.82 Å². The number of ether oxygens (including phenoxy) is 1. The molecule has 0 saturated carbocycles. The quantitative estimate of drug-likeness (QED) is 0.734. The van der Waals surface area contributed by atoms with E-state index in [1.54, 1.807) is 36.1 Å². The molecule has 1 aromatic heterocycles. The number of amides is 1. The van der Waals surface area contributed by atoms with Crippen molar-refractivity contribution in [2.75, 3.05) is 12.4 Å². The highest BCUT2D eigenvalue weighted by atomic mass is 32.2. The van der Waals surface area contributed by atoms with Crippen LogP contribution in [-0.4, -0.2) is 27.0 Å². The maximum atomic E-state index is 12.8. The smallest absolute Gasteiger partial charge is 0.256 e. The number of carbonyl (C=O) groups excluding carboxylic acids is 1. The van der Waals surface area contributed by atoms with E-state index in [9.17, 15) is 9.00 Å². The molecule has 1 aliphatic heterocycles. The zero-order valence-corrected chi connectivity index (χ0v) is 16.8. The van der Waals surface area contributed by atoms with E-state index in [0.717, 1.165) is 28.1 Å². The third-order valence-electron chi connectivity index (χ3n) is 4.83. The molecule has 0 fully saturated rings. The summed E-state index contributed by atoms with van der Waals surface area (Å²) in [4.78, 5) is 12.8. The Kier molecular flexibility index (Phi) is 4.77. The summed E-state index contributed by atoms with van der Waals surface area (Å²) in [7, 11) is 0.605. The minimum atomic E-state index is -0.980. The van der Waals surface area contributed by atoms with Gasteiger partial charge in [-0.2, -0.15) is 5.10 Å². The van der Waals surface area contributed by atoms with Crippen LogP contribution in [0.5, 0.6) is 5.75 Å². The third-order valence-corrected chi connectivity index (χ3v) is 6.04. The molecule has 144 valence electrons. The maximum Gasteiger partial charge on any atom is 0.256 e. The number of fused-ring (bicyclic) bond motifs is 1. The highest BCUT2D eigenvalue weighted by Gasteiger charge is 2.28. The van der Waals surface area contributed by atoms with Crippen LogP contribution in [-0.2, 0) is 22.3 Å². The van der Waals surface area contributed by atoms with Gasteiger partial charge in [0.05, 0.1) is 30.0 Å². The minimum absolute atomic E-state index is 0.242. The van der Waals surface area contributed by atoms with E-state index in [2.05, 4.69) is 16.5 Å². The normalized spacial score (nSPS) is 15.3. The predicted octanol–water partition coefficient (Wildman–Crippen LogP) is 3.51. The van der Waals surface area contributed by atoms with Crippen molar-refractivity contribution < 1.29 is 13.7 Å². The Hall–Kier alpha value is -2.93. The number of aryl methyl sites for hydroxylation is 2. The Morgan fingerprint density at radius 1 is 1.14 bits per heavy atom. The SMILES string of the molecule is COc1ccc(C(=O)Nc2c3c(nn2-c2ccc(C)cc2C)CS(=O)C3)cc1. The molecule has 1 amide bonds. The van der Waals surface area contributed by atoms with Crippen molar-refractivity contribution in [2.24, 2.45) is 0 Å². The van der Waals surface area contributed by atoms with E-state index in [-0.39, 0.29) is 5.91 Å². The van der Waals surface area contributed by atoms with Gasteiger partial charge >= 0.3 is 0 Å². The van der Waals surface area contributed by atoms with Crippen molar-refractivity contribution in [3.63, 3.8) is 0 Å². The number of hydrogen-bond acceptors (Lipinski definition) is 4. The lowest BCUT2D eigenvalue weighted by atomic mass is 10.1. The predicted molar refractivity (Wildman–Crippen MR) is 110 cm³/mol. The summed E-state index contributed by atoms with van der Waals surface area (Å²) in [6, 6.07) is 13.0. The van der Waals surface area contributed by atoms with Gasteiger partial charge in [-0.3, -0.25) is 9.00 Å². The molecular weight excluding hydrogens is 374 g/mol. The minimum Gasteiger partial charge on any atom is -0.497 e. The molecule has 2 heterocycles. The average molecular weight is 395 g/mol. The van der Waals surface area contributed by atoms with Crippen molar-refractivity contribution in [3.8, 4) is 11.4 Å². The fourth-order valence-electron chi connectivity index (χ4n) is 3.40. The topological polar surface area (TPSA) is 73.2 Å². The van der Waals surface area contributed by atoms with Gasteiger partial charge < -0.3 is 10.1 Å². The molecule has 0 radical (unpaired) electrons. The molecule has 3 aromatic rings. The Morgan fingerprint density at radius 3 is 2.57 bits per heavy atom. The first-order chi connectivity index (χ1) is 13.5. The van der Waals surface area contributed by atoms with Crippen LogP contribution in [0.2, 0.25) is 0 Å². The van der Waals surface area contributed by atoms with E-state index in [1.165, 1.54) is 0 Å². The van der Waals surface area contributed by atoms with E-state index in [1.807, 2.05) is 26.0 Å². The number of anilines is 1. The first-order valence-electron chi connectivity index (χ1n) is 8.95. The zero-order chi connectivity index (χ0) is 19.8. The van der Waals surface area contributed by atoms with Crippen LogP contribution >= 0.6 is 0 Å². The Morgan fingerprint density at radius 2 is 1.89 bits per heavy atom. The van der Waals surface area contributed by atoms with Crippen molar-refractivity contribution in [1.29, 1.82) is 0 Å². The van der Waals surface area contributed by atoms with Gasteiger partial charge in [0.25, 0.3) is 5.91 Å². The molecule has 6 nitrogen and oxygen atoms in total. The van der Waals surface area contributed by atoms with Crippen molar-refractivity contribution in [1.82, 2.24) is 9.78 Å². The van der Waals surface area contributed by atoms with Crippen LogP contribution < -0.4 is 10.1 Å². The fraction of sp³-hybridized carbons (Fsp3) is 0.238. The molecule has 1 N–H and O–H groups in total. The standard InChI is InChI=1S/C21H21N3O3S/c1-13-4-9-19(14(2)10-13)24-20(17-11-28(26)12-18(17)23-24)22-21(25)15-5-7-16(27-3)8-6-15/h4-10H,11-12H2,1-3H3,(H,22,25). The second-order valence-corrected chi connectivity index (χ2v) is 8.34. The molecule has 0 saturated heterocycles. The summed E-state index contributed by atoms with van der Waals surface area (Å²) < 4.78 is 18.9. The molecule has 1 unspecified atom stereocenters. The highest BCUT2D eigenvalue weighted by Crippen LogP contribution is 2.32. The van der Waals surface area contributed by atoms with E-state index in [4.69, 9.17) is 4.74 Å². The molecule has 4 rings (SSSR count). The number of aromatic nitrogens is 2. The zero-order valence-electron chi connectivity index (χ0n) is 16.0. The third kappa shape index (κ3) is 3.33. The number of rotatable bonds is 4. The first-order valence-corrected chi connectivity index (χ1v) is 10.4. The van der Waals surface area contributed by atoms with Gasteiger partial charge in [-0.05, 0) is 49.7 Å². The molecule has 0 aliphatic carbocycles. The van der Waals surface area contributed by atoms with Gasteiger partial charge in [0.15, 0.2) is 0 Å². The number of hydrogen-bond donors (Lipinski definition) is 1. The van der Waals surface area contributed by atoms with Gasteiger partial charge in [0, 0.05) is 21.9 Å². The summed E-state index contributed by atoms with van der Waals surface area (Å²) in [5.41, 5.74) is 5.26. The van der Waals surface area contributed by atoms with Gasteiger partial charge in [0.1, 0.15) is 11.6 Å². The molecular formula is C21H21N3O3S. The highest BCUT2D eigenvalue weighted by molar-refractivity contribution is 7.83. The van der Waals surface area contributed by atoms with Crippen molar-refractivity contribution in [2.45, 2.75) is 25.4 Å². The average Bonchev–Trinajstić information content (AvgIpc) is 3.19. The van der Waals surface area contributed by atoms with Crippen LogP contribution in [0.25, 0.3) is 5.69 Å². The van der Waals surface area contributed by atoms with Gasteiger partial charge in [-0.15, -0.1) is 0 Å². The summed E-state index contributed by atoms with van der Waals surface area (Å²) in [5, 5.41) is 7.66. The summed E-state index contributed by atoms with van der Waals surface area (Å²) >= 11 is 0. The lowest BCUT2D eigenvalue weighted by Crippen LogP contribution is -2.17. The van der Waals surface area contributed by atoms with Crippen LogP contribution in [0.1, 0.15) is 32.7 Å². The molecule has 1 atom stereocenters.